The largest absolute Gasteiger partial charge is 0.495 e. The van der Waals surface area contributed by atoms with Gasteiger partial charge in [-0.3, -0.25) is 14.7 Å². The van der Waals surface area contributed by atoms with Gasteiger partial charge in [0, 0.05) is 25.2 Å². The third-order valence-corrected chi connectivity index (χ3v) is 7.40. The molecular formula is C27H32N4O2. The molecule has 1 saturated carbocycles. The Morgan fingerprint density at radius 3 is 2.64 bits per heavy atom. The average molecular weight is 445 g/mol. The molecule has 1 saturated heterocycles. The Labute approximate surface area is 195 Å². The van der Waals surface area contributed by atoms with Gasteiger partial charge in [0.05, 0.1) is 30.0 Å². The second-order valence-corrected chi connectivity index (χ2v) is 9.36. The van der Waals surface area contributed by atoms with Crippen molar-refractivity contribution in [3.8, 4) is 5.75 Å². The molecule has 3 N–H and O–H groups in total. The van der Waals surface area contributed by atoms with E-state index in [0.29, 0.717) is 5.75 Å². The molecule has 6 nitrogen and oxygen atoms in total. The Bertz CT molecular complexity index is 1080. The first-order valence-electron chi connectivity index (χ1n) is 11.9. The summed E-state index contributed by atoms with van der Waals surface area (Å²) in [7, 11) is 1.65. The van der Waals surface area contributed by atoms with Gasteiger partial charge in [-0.25, -0.2) is 0 Å². The second kappa shape index (κ2) is 9.02. The number of methoxy groups -OCH3 is 1. The Kier molecular flexibility index (Phi) is 5.94. The Hall–Kier alpha value is -3.12. The zero-order chi connectivity index (χ0) is 22.8. The van der Waals surface area contributed by atoms with Gasteiger partial charge < -0.3 is 15.8 Å². The van der Waals surface area contributed by atoms with E-state index in [1.54, 1.807) is 13.3 Å². The number of nitrogens with two attached hydrogens (primary N) is 1. The number of amides is 1. The van der Waals surface area contributed by atoms with Crippen LogP contribution in [0.3, 0.4) is 0 Å². The van der Waals surface area contributed by atoms with Gasteiger partial charge in [0.15, 0.2) is 0 Å². The maximum absolute atomic E-state index is 12.8. The van der Waals surface area contributed by atoms with Crippen LogP contribution in [0.15, 0.2) is 59.7 Å². The SMILES string of the molecule is COc1cc(C(C=CN)=NC2CCN(Cc3ccccc3)CC2)cc2c1NC(=O)C21CCC1. The van der Waals surface area contributed by atoms with Gasteiger partial charge in [-0.1, -0.05) is 36.8 Å². The summed E-state index contributed by atoms with van der Waals surface area (Å²) >= 11 is 0. The fourth-order valence-electron chi connectivity index (χ4n) is 5.36. The van der Waals surface area contributed by atoms with E-state index in [1.165, 1.54) is 5.56 Å². The van der Waals surface area contributed by atoms with E-state index in [9.17, 15) is 4.79 Å². The Morgan fingerprint density at radius 1 is 1.24 bits per heavy atom. The number of ether oxygens (including phenoxy) is 1. The van der Waals surface area contributed by atoms with Gasteiger partial charge in [-0.15, -0.1) is 0 Å². The molecule has 5 rings (SSSR count). The van der Waals surface area contributed by atoms with Crippen molar-refractivity contribution in [3.05, 3.63) is 71.4 Å². The first-order valence-corrected chi connectivity index (χ1v) is 11.9. The fourth-order valence-corrected chi connectivity index (χ4v) is 5.36. The number of nitrogens with zero attached hydrogens (tertiary/aromatic N) is 2. The molecule has 0 bridgehead atoms. The van der Waals surface area contributed by atoms with Crippen LogP contribution >= 0.6 is 0 Å². The summed E-state index contributed by atoms with van der Waals surface area (Å²) in [6.45, 7) is 3.04. The summed E-state index contributed by atoms with van der Waals surface area (Å²) in [6, 6.07) is 15.0. The third-order valence-electron chi connectivity index (χ3n) is 7.40. The van der Waals surface area contributed by atoms with Gasteiger partial charge >= 0.3 is 0 Å². The predicted molar refractivity (Wildman–Crippen MR) is 132 cm³/mol. The molecule has 0 radical (unpaired) electrons. The number of hydrogen-bond acceptors (Lipinski definition) is 5. The Morgan fingerprint density at radius 2 is 2.00 bits per heavy atom. The summed E-state index contributed by atoms with van der Waals surface area (Å²) < 4.78 is 5.67. The molecular weight excluding hydrogens is 412 g/mol. The molecule has 2 fully saturated rings. The van der Waals surface area contributed by atoms with Crippen molar-refractivity contribution in [2.75, 3.05) is 25.5 Å². The van der Waals surface area contributed by atoms with Gasteiger partial charge in [0.25, 0.3) is 0 Å². The number of carbonyl (C=O) groups is 1. The van der Waals surface area contributed by atoms with Crippen LogP contribution in [0.25, 0.3) is 0 Å². The first kappa shape index (κ1) is 21.7. The molecule has 0 aromatic heterocycles. The lowest BCUT2D eigenvalue weighted by atomic mass is 9.65. The van der Waals surface area contributed by atoms with Crippen molar-refractivity contribution in [1.29, 1.82) is 0 Å². The summed E-state index contributed by atoms with van der Waals surface area (Å²) in [4.78, 5) is 20.4. The van der Waals surface area contributed by atoms with E-state index in [1.807, 2.05) is 12.1 Å². The predicted octanol–water partition coefficient (Wildman–Crippen LogP) is 4.00. The Balaban J connectivity index is 1.37. The molecule has 1 aliphatic carbocycles. The van der Waals surface area contributed by atoms with E-state index < -0.39 is 5.41 Å². The number of carbonyl (C=O) groups excluding carboxylic acids is 1. The maximum atomic E-state index is 12.8. The first-order chi connectivity index (χ1) is 16.1. The zero-order valence-corrected chi connectivity index (χ0v) is 19.2. The minimum atomic E-state index is -0.404. The standard InChI is InChI=1S/C27H32N4O2/c1-33-24-17-20(16-22-25(24)30-26(32)27(22)11-5-12-27)23(8-13-28)29-21-9-14-31(15-10-21)18-19-6-3-2-4-7-19/h2-4,6-8,13,16-17,21H,5,9-12,14-15,18,28H2,1H3,(H,30,32). The number of likely N-dealkylation sites (tertiary alicyclic amines) is 1. The van der Waals surface area contributed by atoms with Crippen molar-refractivity contribution in [3.63, 3.8) is 0 Å². The number of piperidine rings is 1. The number of benzene rings is 2. The topological polar surface area (TPSA) is 80.0 Å². The van der Waals surface area contributed by atoms with E-state index in [4.69, 9.17) is 15.5 Å². The molecule has 2 heterocycles. The molecule has 2 aliphatic heterocycles. The highest BCUT2D eigenvalue weighted by Gasteiger charge is 2.52. The van der Waals surface area contributed by atoms with Crippen molar-refractivity contribution < 1.29 is 9.53 Å². The maximum Gasteiger partial charge on any atom is 0.235 e. The number of hydrogen-bond donors (Lipinski definition) is 2. The highest BCUT2D eigenvalue weighted by molar-refractivity contribution is 6.13. The van der Waals surface area contributed by atoms with E-state index in [0.717, 1.165) is 74.3 Å². The lowest BCUT2D eigenvalue weighted by Crippen LogP contribution is -2.40. The summed E-state index contributed by atoms with van der Waals surface area (Å²) in [5, 5.41) is 3.06. The minimum absolute atomic E-state index is 0.0952. The van der Waals surface area contributed by atoms with Crippen LogP contribution in [0.4, 0.5) is 5.69 Å². The number of anilines is 1. The molecule has 0 atom stereocenters. The minimum Gasteiger partial charge on any atom is -0.495 e. The van der Waals surface area contributed by atoms with Gasteiger partial charge in [0.2, 0.25) is 5.91 Å². The van der Waals surface area contributed by atoms with Crippen molar-refractivity contribution in [1.82, 2.24) is 4.90 Å². The van der Waals surface area contributed by atoms with E-state index in [-0.39, 0.29) is 11.9 Å². The number of rotatable bonds is 6. The van der Waals surface area contributed by atoms with Crippen LogP contribution in [-0.2, 0) is 16.8 Å². The van der Waals surface area contributed by atoms with Crippen LogP contribution < -0.4 is 15.8 Å². The van der Waals surface area contributed by atoms with Gasteiger partial charge in [-0.2, -0.15) is 0 Å². The lowest BCUT2D eigenvalue weighted by Gasteiger charge is -2.36. The monoisotopic (exact) mass is 444 g/mol. The molecule has 0 unspecified atom stereocenters. The zero-order valence-electron chi connectivity index (χ0n) is 19.2. The third kappa shape index (κ3) is 4.04. The van der Waals surface area contributed by atoms with Crippen LogP contribution in [-0.4, -0.2) is 42.8 Å². The molecule has 3 aliphatic rings. The van der Waals surface area contributed by atoms with Crippen LogP contribution in [0.5, 0.6) is 5.75 Å². The summed E-state index contributed by atoms with van der Waals surface area (Å²) in [5.74, 6) is 0.785. The van der Waals surface area contributed by atoms with Crippen molar-refractivity contribution in [2.24, 2.45) is 10.7 Å². The smallest absolute Gasteiger partial charge is 0.235 e. The molecule has 1 spiro atoms. The van der Waals surface area contributed by atoms with E-state index in [2.05, 4.69) is 46.6 Å². The molecule has 6 heteroatoms. The molecule has 33 heavy (non-hydrogen) atoms. The molecule has 1 amide bonds. The second-order valence-electron chi connectivity index (χ2n) is 9.36. The number of aliphatic imine (C=N–C) groups is 1. The van der Waals surface area contributed by atoms with Gasteiger partial charge in [0.1, 0.15) is 5.75 Å². The van der Waals surface area contributed by atoms with Crippen LogP contribution in [0.1, 0.15) is 48.8 Å². The highest BCUT2D eigenvalue weighted by atomic mass is 16.5. The number of fused-ring (bicyclic) bond motifs is 2. The fraction of sp³-hybridized carbons (Fsp3) is 0.407. The van der Waals surface area contributed by atoms with E-state index >= 15 is 0 Å². The van der Waals surface area contributed by atoms with Crippen LogP contribution in [0.2, 0.25) is 0 Å². The van der Waals surface area contributed by atoms with Crippen molar-refractivity contribution >= 4 is 17.3 Å². The average Bonchev–Trinajstić information content (AvgIpc) is 3.12. The molecule has 172 valence electrons. The van der Waals surface area contributed by atoms with Gasteiger partial charge in [-0.05, 0) is 61.2 Å². The number of allylic oxidation sites excluding steroid dienone is 1. The van der Waals surface area contributed by atoms with Crippen LogP contribution in [0, 0.1) is 0 Å². The quantitative estimate of drug-likeness (QED) is 0.660. The summed E-state index contributed by atoms with van der Waals surface area (Å²) in [6.07, 6.45) is 8.29. The van der Waals surface area contributed by atoms with Crippen molar-refractivity contribution in [2.45, 2.75) is 50.1 Å². The summed E-state index contributed by atoms with van der Waals surface area (Å²) in [5.41, 5.74) is 10.4. The highest BCUT2D eigenvalue weighted by Crippen LogP contribution is 2.53. The lowest BCUT2D eigenvalue weighted by molar-refractivity contribution is -0.123. The normalized spacial score (nSPS) is 20.6. The molecule has 2 aromatic rings. The number of nitrogens with one attached hydrogen (secondary N) is 1. The molecule has 2 aromatic carbocycles.